The quantitative estimate of drug-likeness (QED) is 0.812. The predicted octanol–water partition coefficient (Wildman–Crippen LogP) is 2.98. The predicted molar refractivity (Wildman–Crippen MR) is 106 cm³/mol. The van der Waals surface area contributed by atoms with E-state index in [1.807, 2.05) is 52.0 Å². The van der Waals surface area contributed by atoms with E-state index in [1.165, 1.54) is 0 Å². The average molecular weight is 385 g/mol. The fourth-order valence-corrected chi connectivity index (χ4v) is 3.22. The highest BCUT2D eigenvalue weighted by molar-refractivity contribution is 5.69. The number of hydrogen-bond acceptors (Lipinski definition) is 5. The third kappa shape index (κ3) is 4.35. The molecule has 1 amide bonds. The lowest BCUT2D eigenvalue weighted by atomic mass is 10.0. The van der Waals surface area contributed by atoms with E-state index in [9.17, 15) is 9.59 Å². The van der Waals surface area contributed by atoms with Crippen molar-refractivity contribution < 1.29 is 14.3 Å². The van der Waals surface area contributed by atoms with Crippen molar-refractivity contribution in [3.63, 3.8) is 0 Å². The Morgan fingerprint density at radius 2 is 1.93 bits per heavy atom. The SMILES string of the molecule is COc1ccc(Cn2cnc3c(c2=O)CN(C(=O)OC(C)(C)C)[C@H](C)C3)cc1. The van der Waals surface area contributed by atoms with Gasteiger partial charge in [0.15, 0.2) is 0 Å². The first-order chi connectivity index (χ1) is 13.2. The van der Waals surface area contributed by atoms with Crippen molar-refractivity contribution in [1.29, 1.82) is 0 Å². The second-order valence-corrected chi connectivity index (χ2v) is 8.11. The van der Waals surface area contributed by atoms with Crippen LogP contribution in [0.2, 0.25) is 0 Å². The molecule has 0 spiro atoms. The number of ether oxygens (including phenoxy) is 2. The Bertz CT molecular complexity index is 913. The van der Waals surface area contributed by atoms with Gasteiger partial charge in [0.2, 0.25) is 0 Å². The van der Waals surface area contributed by atoms with Crippen LogP contribution in [0.1, 0.15) is 44.5 Å². The molecular weight excluding hydrogens is 358 g/mol. The van der Waals surface area contributed by atoms with Gasteiger partial charge in [-0.15, -0.1) is 0 Å². The van der Waals surface area contributed by atoms with Crippen LogP contribution in [0.4, 0.5) is 4.79 Å². The summed E-state index contributed by atoms with van der Waals surface area (Å²) in [7, 11) is 1.62. The summed E-state index contributed by atoms with van der Waals surface area (Å²) >= 11 is 0. The highest BCUT2D eigenvalue weighted by Crippen LogP contribution is 2.22. The number of amides is 1. The number of rotatable bonds is 3. The minimum atomic E-state index is -0.583. The van der Waals surface area contributed by atoms with E-state index in [2.05, 4.69) is 4.98 Å². The van der Waals surface area contributed by atoms with E-state index < -0.39 is 11.7 Å². The summed E-state index contributed by atoms with van der Waals surface area (Å²) in [4.78, 5) is 31.7. The van der Waals surface area contributed by atoms with Gasteiger partial charge < -0.3 is 14.4 Å². The zero-order valence-electron chi connectivity index (χ0n) is 17.1. The monoisotopic (exact) mass is 385 g/mol. The standard InChI is InChI=1S/C21H27N3O4/c1-14-10-18-17(12-24(14)20(26)28-21(2,3)4)19(25)23(13-22-18)11-15-6-8-16(27-5)9-7-15/h6-9,13-14H,10-12H2,1-5H3/t14-/m1/s1. The molecule has 0 bridgehead atoms. The Hall–Kier alpha value is -2.83. The van der Waals surface area contributed by atoms with Gasteiger partial charge in [-0.05, 0) is 45.4 Å². The van der Waals surface area contributed by atoms with E-state index >= 15 is 0 Å². The number of methoxy groups -OCH3 is 1. The van der Waals surface area contributed by atoms with Crippen molar-refractivity contribution in [2.45, 2.75) is 58.8 Å². The molecule has 1 aliphatic heterocycles. The summed E-state index contributed by atoms with van der Waals surface area (Å²) < 4.78 is 12.2. The highest BCUT2D eigenvalue weighted by atomic mass is 16.6. The van der Waals surface area contributed by atoms with Crippen LogP contribution in [0.5, 0.6) is 5.75 Å². The van der Waals surface area contributed by atoms with Crippen LogP contribution >= 0.6 is 0 Å². The van der Waals surface area contributed by atoms with Gasteiger partial charge >= 0.3 is 6.09 Å². The van der Waals surface area contributed by atoms with Crippen molar-refractivity contribution in [2.24, 2.45) is 0 Å². The number of aromatic nitrogens is 2. The molecule has 0 fully saturated rings. The van der Waals surface area contributed by atoms with Crippen LogP contribution < -0.4 is 10.3 Å². The molecule has 7 heteroatoms. The summed E-state index contributed by atoms with van der Waals surface area (Å²) in [5.41, 5.74) is 1.57. The van der Waals surface area contributed by atoms with E-state index in [4.69, 9.17) is 9.47 Å². The molecule has 150 valence electrons. The Morgan fingerprint density at radius 1 is 1.25 bits per heavy atom. The summed E-state index contributed by atoms with van der Waals surface area (Å²) in [6, 6.07) is 7.47. The van der Waals surface area contributed by atoms with Crippen molar-refractivity contribution >= 4 is 6.09 Å². The first-order valence-electron chi connectivity index (χ1n) is 9.37. The second kappa shape index (κ2) is 7.66. The molecule has 0 N–H and O–H groups in total. The zero-order valence-corrected chi connectivity index (χ0v) is 17.1. The first kappa shape index (κ1) is 19.9. The van der Waals surface area contributed by atoms with Gasteiger partial charge in [-0.3, -0.25) is 9.36 Å². The Kier molecular flexibility index (Phi) is 5.45. The van der Waals surface area contributed by atoms with Crippen LogP contribution in [-0.2, 0) is 24.2 Å². The maximum Gasteiger partial charge on any atom is 0.410 e. The third-order valence-electron chi connectivity index (χ3n) is 4.71. The summed E-state index contributed by atoms with van der Waals surface area (Å²) in [6.07, 6.45) is 1.71. The van der Waals surface area contributed by atoms with Crippen LogP contribution in [-0.4, -0.2) is 39.3 Å². The number of fused-ring (bicyclic) bond motifs is 1. The molecule has 3 rings (SSSR count). The van der Waals surface area contributed by atoms with Crippen LogP contribution in [0.3, 0.4) is 0 Å². The summed E-state index contributed by atoms with van der Waals surface area (Å²) in [5, 5.41) is 0. The average Bonchev–Trinajstić information content (AvgIpc) is 2.63. The molecule has 1 aromatic carbocycles. The smallest absolute Gasteiger partial charge is 0.410 e. The van der Waals surface area contributed by atoms with Gasteiger partial charge in [0.05, 0.1) is 37.8 Å². The highest BCUT2D eigenvalue weighted by Gasteiger charge is 2.32. The Labute approximate surface area is 164 Å². The molecule has 0 saturated heterocycles. The number of carbonyl (C=O) groups is 1. The third-order valence-corrected chi connectivity index (χ3v) is 4.71. The lowest BCUT2D eigenvalue weighted by Gasteiger charge is -2.35. The fraction of sp³-hybridized carbons (Fsp3) is 0.476. The van der Waals surface area contributed by atoms with Gasteiger partial charge in [-0.1, -0.05) is 12.1 Å². The van der Waals surface area contributed by atoms with Crippen molar-refractivity contribution in [3.05, 3.63) is 57.8 Å². The van der Waals surface area contributed by atoms with E-state index in [-0.39, 0.29) is 18.1 Å². The minimum absolute atomic E-state index is 0.0771. The lowest BCUT2D eigenvalue weighted by Crippen LogP contribution is -2.47. The molecule has 28 heavy (non-hydrogen) atoms. The molecule has 2 aromatic rings. The molecule has 0 unspecified atom stereocenters. The van der Waals surface area contributed by atoms with Gasteiger partial charge in [0.1, 0.15) is 11.4 Å². The molecule has 7 nitrogen and oxygen atoms in total. The minimum Gasteiger partial charge on any atom is -0.497 e. The van der Waals surface area contributed by atoms with E-state index in [1.54, 1.807) is 22.9 Å². The van der Waals surface area contributed by atoms with Crippen molar-refractivity contribution in [1.82, 2.24) is 14.5 Å². The van der Waals surface area contributed by atoms with E-state index in [0.29, 0.717) is 18.5 Å². The van der Waals surface area contributed by atoms with E-state index in [0.717, 1.165) is 17.0 Å². The molecule has 1 aromatic heterocycles. The fourth-order valence-electron chi connectivity index (χ4n) is 3.22. The molecule has 0 saturated carbocycles. The molecule has 2 heterocycles. The normalized spacial score (nSPS) is 16.5. The number of benzene rings is 1. The molecule has 1 atom stereocenters. The van der Waals surface area contributed by atoms with Gasteiger partial charge in [-0.25, -0.2) is 9.78 Å². The zero-order chi connectivity index (χ0) is 20.5. The van der Waals surface area contributed by atoms with Gasteiger partial charge in [-0.2, -0.15) is 0 Å². The number of nitrogens with zero attached hydrogens (tertiary/aromatic N) is 3. The molecule has 0 radical (unpaired) electrons. The van der Waals surface area contributed by atoms with Crippen LogP contribution in [0.25, 0.3) is 0 Å². The largest absolute Gasteiger partial charge is 0.497 e. The second-order valence-electron chi connectivity index (χ2n) is 8.11. The maximum atomic E-state index is 13.0. The number of hydrogen-bond donors (Lipinski definition) is 0. The maximum absolute atomic E-state index is 13.0. The first-order valence-corrected chi connectivity index (χ1v) is 9.37. The van der Waals surface area contributed by atoms with Crippen molar-refractivity contribution in [3.8, 4) is 5.75 Å². The number of carbonyl (C=O) groups excluding carboxylic acids is 1. The lowest BCUT2D eigenvalue weighted by molar-refractivity contribution is 0.0134. The van der Waals surface area contributed by atoms with Gasteiger partial charge in [0.25, 0.3) is 5.56 Å². The Balaban J connectivity index is 1.84. The molecule has 0 aliphatic carbocycles. The molecular formula is C21H27N3O4. The van der Waals surface area contributed by atoms with Crippen LogP contribution in [0, 0.1) is 0 Å². The molecule has 1 aliphatic rings. The summed E-state index contributed by atoms with van der Waals surface area (Å²) in [6.45, 7) is 8.05. The summed E-state index contributed by atoms with van der Waals surface area (Å²) in [5.74, 6) is 0.765. The van der Waals surface area contributed by atoms with Crippen molar-refractivity contribution in [2.75, 3.05) is 7.11 Å². The topological polar surface area (TPSA) is 73.7 Å². The van der Waals surface area contributed by atoms with Gasteiger partial charge in [0, 0.05) is 12.5 Å². The Morgan fingerprint density at radius 3 is 2.54 bits per heavy atom. The van der Waals surface area contributed by atoms with Crippen LogP contribution in [0.15, 0.2) is 35.4 Å².